The predicted molar refractivity (Wildman–Crippen MR) is 113 cm³/mol. The first kappa shape index (κ1) is 20.1. The molecular formula is C23H25N3O4. The number of aromatic nitrogens is 2. The molecule has 4 rings (SSSR count). The molecule has 3 atom stereocenters. The van der Waals surface area contributed by atoms with E-state index in [1.807, 2.05) is 49.4 Å². The number of aryl methyl sites for hydroxylation is 1. The molecule has 0 spiro atoms. The van der Waals surface area contributed by atoms with Crippen molar-refractivity contribution in [3.8, 4) is 0 Å². The lowest BCUT2D eigenvalue weighted by molar-refractivity contribution is 0.102. The van der Waals surface area contributed by atoms with Crippen molar-refractivity contribution in [1.29, 1.82) is 0 Å². The highest BCUT2D eigenvalue weighted by molar-refractivity contribution is 5.81. The van der Waals surface area contributed by atoms with Crippen LogP contribution < -0.4 is 11.3 Å². The van der Waals surface area contributed by atoms with E-state index >= 15 is 0 Å². The molecule has 1 saturated carbocycles. The van der Waals surface area contributed by atoms with Crippen LogP contribution in [0.5, 0.6) is 0 Å². The maximum absolute atomic E-state index is 13.4. The van der Waals surface area contributed by atoms with Crippen LogP contribution in [0.15, 0.2) is 53.3 Å². The highest BCUT2D eigenvalue weighted by atomic mass is 16.6. The topological polar surface area (TPSA) is 96.4 Å². The quantitative estimate of drug-likeness (QED) is 0.645. The standard InChI is InChI=1S/C23H25N3O4/c1-14-7-6-10-18-20(14)22(27)26(21(25-18)15(2)30-23(24)28)19-11-17(19)13-29-12-16-8-4-3-5-9-16/h3-10,15,17,19H,11-13H2,1-2H3,(H2,24,28). The number of hydrogen-bond acceptors (Lipinski definition) is 5. The average Bonchev–Trinajstić information content (AvgIpc) is 3.47. The van der Waals surface area contributed by atoms with Gasteiger partial charge in [-0.05, 0) is 37.5 Å². The summed E-state index contributed by atoms with van der Waals surface area (Å²) >= 11 is 0. The second-order valence-electron chi connectivity index (χ2n) is 7.76. The first-order valence-electron chi connectivity index (χ1n) is 10.0. The van der Waals surface area contributed by atoms with Gasteiger partial charge in [0.05, 0.1) is 24.1 Å². The summed E-state index contributed by atoms with van der Waals surface area (Å²) in [6.45, 7) is 4.64. The van der Waals surface area contributed by atoms with Gasteiger partial charge in [0, 0.05) is 12.0 Å². The molecular weight excluding hydrogens is 382 g/mol. The summed E-state index contributed by atoms with van der Waals surface area (Å²) < 4.78 is 12.7. The van der Waals surface area contributed by atoms with Gasteiger partial charge in [0.2, 0.25) is 0 Å². The highest BCUT2D eigenvalue weighted by Crippen LogP contribution is 2.44. The molecule has 0 saturated heterocycles. The molecule has 1 fully saturated rings. The van der Waals surface area contributed by atoms with Gasteiger partial charge in [0.25, 0.3) is 5.56 Å². The maximum atomic E-state index is 13.4. The van der Waals surface area contributed by atoms with Gasteiger partial charge in [0.15, 0.2) is 11.9 Å². The molecule has 0 radical (unpaired) electrons. The van der Waals surface area contributed by atoms with Crippen LogP contribution in [0.2, 0.25) is 0 Å². The van der Waals surface area contributed by atoms with Gasteiger partial charge in [-0.15, -0.1) is 0 Å². The minimum atomic E-state index is -0.897. The molecule has 156 valence electrons. The molecule has 1 aliphatic rings. The number of benzene rings is 2. The Labute approximate surface area is 174 Å². The minimum absolute atomic E-state index is 0.0429. The lowest BCUT2D eigenvalue weighted by Gasteiger charge is -2.19. The third-order valence-electron chi connectivity index (χ3n) is 5.48. The highest BCUT2D eigenvalue weighted by Gasteiger charge is 2.42. The van der Waals surface area contributed by atoms with Crippen LogP contribution in [0.3, 0.4) is 0 Å². The van der Waals surface area contributed by atoms with Crippen molar-refractivity contribution in [3.05, 3.63) is 75.8 Å². The van der Waals surface area contributed by atoms with E-state index in [2.05, 4.69) is 4.98 Å². The van der Waals surface area contributed by atoms with Crippen LogP contribution in [0.25, 0.3) is 10.9 Å². The first-order chi connectivity index (χ1) is 14.5. The SMILES string of the molecule is Cc1cccc2nc(C(C)OC(N)=O)n(C3CC3COCc3ccccc3)c(=O)c12. The molecule has 3 aromatic rings. The number of amides is 1. The van der Waals surface area contributed by atoms with Crippen molar-refractivity contribution in [2.24, 2.45) is 11.7 Å². The van der Waals surface area contributed by atoms with E-state index in [9.17, 15) is 9.59 Å². The minimum Gasteiger partial charge on any atom is -0.439 e. The van der Waals surface area contributed by atoms with E-state index in [0.29, 0.717) is 29.9 Å². The molecule has 3 unspecified atom stereocenters. The fourth-order valence-corrected chi connectivity index (χ4v) is 3.89. The number of rotatable bonds is 7. The molecule has 1 amide bonds. The number of fused-ring (bicyclic) bond motifs is 1. The lowest BCUT2D eigenvalue weighted by atomic mass is 10.1. The molecule has 1 heterocycles. The van der Waals surface area contributed by atoms with E-state index in [1.165, 1.54) is 0 Å². The first-order valence-corrected chi connectivity index (χ1v) is 10.0. The van der Waals surface area contributed by atoms with Crippen molar-refractivity contribution in [2.45, 2.75) is 39.0 Å². The summed E-state index contributed by atoms with van der Waals surface area (Å²) in [6.07, 6.45) is -0.817. The molecule has 2 aromatic carbocycles. The van der Waals surface area contributed by atoms with Crippen molar-refractivity contribution in [1.82, 2.24) is 9.55 Å². The maximum Gasteiger partial charge on any atom is 0.405 e. The third-order valence-corrected chi connectivity index (χ3v) is 5.48. The zero-order valence-corrected chi connectivity index (χ0v) is 17.1. The number of nitrogens with zero attached hydrogens (tertiary/aromatic N) is 2. The summed E-state index contributed by atoms with van der Waals surface area (Å²) in [5, 5.41) is 0.586. The van der Waals surface area contributed by atoms with Crippen molar-refractivity contribution in [3.63, 3.8) is 0 Å². The Morgan fingerprint density at radius 2 is 2.00 bits per heavy atom. The molecule has 1 aromatic heterocycles. The number of nitrogens with two attached hydrogens (primary N) is 1. The van der Waals surface area contributed by atoms with Gasteiger partial charge in [-0.2, -0.15) is 0 Å². The lowest BCUT2D eigenvalue weighted by Crippen LogP contribution is -2.29. The van der Waals surface area contributed by atoms with E-state index in [0.717, 1.165) is 17.5 Å². The summed E-state index contributed by atoms with van der Waals surface area (Å²) in [7, 11) is 0. The zero-order valence-electron chi connectivity index (χ0n) is 17.1. The van der Waals surface area contributed by atoms with Gasteiger partial charge >= 0.3 is 6.09 Å². The Hall–Kier alpha value is -3.19. The van der Waals surface area contributed by atoms with Crippen LogP contribution >= 0.6 is 0 Å². The zero-order chi connectivity index (χ0) is 21.3. The average molecular weight is 407 g/mol. The molecule has 2 N–H and O–H groups in total. The summed E-state index contributed by atoms with van der Waals surface area (Å²) in [5.74, 6) is 0.613. The van der Waals surface area contributed by atoms with Crippen molar-refractivity contribution >= 4 is 17.0 Å². The molecule has 0 aliphatic heterocycles. The van der Waals surface area contributed by atoms with Crippen molar-refractivity contribution in [2.75, 3.05) is 6.61 Å². The smallest absolute Gasteiger partial charge is 0.405 e. The molecule has 0 bridgehead atoms. The van der Waals surface area contributed by atoms with Gasteiger partial charge in [-0.25, -0.2) is 9.78 Å². The van der Waals surface area contributed by atoms with Crippen LogP contribution in [-0.4, -0.2) is 22.3 Å². The van der Waals surface area contributed by atoms with Crippen molar-refractivity contribution < 1.29 is 14.3 Å². The van der Waals surface area contributed by atoms with Gasteiger partial charge in [0.1, 0.15) is 0 Å². The number of hydrogen-bond donors (Lipinski definition) is 1. The second kappa shape index (κ2) is 8.28. The normalized spacial score (nSPS) is 18.9. The third kappa shape index (κ3) is 4.07. The Bertz CT molecular complexity index is 1130. The summed E-state index contributed by atoms with van der Waals surface area (Å²) in [5.41, 5.74) is 7.64. The van der Waals surface area contributed by atoms with E-state index in [4.69, 9.17) is 15.2 Å². The predicted octanol–water partition coefficient (Wildman–Crippen LogP) is 3.64. The Morgan fingerprint density at radius 1 is 1.23 bits per heavy atom. The summed E-state index contributed by atoms with van der Waals surface area (Å²) in [6, 6.07) is 15.5. The number of ether oxygens (including phenoxy) is 2. The Balaban J connectivity index is 1.60. The number of carbonyl (C=O) groups is 1. The largest absolute Gasteiger partial charge is 0.439 e. The summed E-state index contributed by atoms with van der Waals surface area (Å²) in [4.78, 5) is 29.3. The van der Waals surface area contributed by atoms with E-state index in [1.54, 1.807) is 17.6 Å². The molecule has 7 nitrogen and oxygen atoms in total. The molecule has 7 heteroatoms. The van der Waals surface area contributed by atoms with E-state index < -0.39 is 12.2 Å². The van der Waals surface area contributed by atoms with Gasteiger partial charge in [-0.3, -0.25) is 9.36 Å². The fourth-order valence-electron chi connectivity index (χ4n) is 3.89. The number of carbonyl (C=O) groups excluding carboxylic acids is 1. The van der Waals surface area contributed by atoms with Crippen LogP contribution in [0, 0.1) is 12.8 Å². The van der Waals surface area contributed by atoms with Crippen LogP contribution in [-0.2, 0) is 16.1 Å². The van der Waals surface area contributed by atoms with Gasteiger partial charge in [-0.1, -0.05) is 42.5 Å². The van der Waals surface area contributed by atoms with Crippen LogP contribution in [0.4, 0.5) is 4.79 Å². The molecule has 30 heavy (non-hydrogen) atoms. The van der Waals surface area contributed by atoms with E-state index in [-0.39, 0.29) is 17.5 Å². The number of primary amides is 1. The molecule has 1 aliphatic carbocycles. The monoisotopic (exact) mass is 407 g/mol. The Morgan fingerprint density at radius 3 is 2.73 bits per heavy atom. The fraction of sp³-hybridized carbons (Fsp3) is 0.348. The van der Waals surface area contributed by atoms with Gasteiger partial charge < -0.3 is 15.2 Å². The Kier molecular flexibility index (Phi) is 5.55. The van der Waals surface area contributed by atoms with Crippen LogP contribution in [0.1, 0.15) is 42.4 Å². The second-order valence-corrected chi connectivity index (χ2v) is 7.76.